The molecule has 1 heterocycles. The van der Waals surface area contributed by atoms with E-state index < -0.39 is 8.32 Å². The van der Waals surface area contributed by atoms with Gasteiger partial charge in [0.15, 0.2) is 0 Å². The Kier molecular flexibility index (Phi) is 9.69. The molecule has 5 rings (SSSR count). The van der Waals surface area contributed by atoms with Crippen LogP contribution in [0.4, 0.5) is 4.39 Å². The van der Waals surface area contributed by atoms with E-state index in [0.29, 0.717) is 19.6 Å². The second kappa shape index (κ2) is 13.3. The van der Waals surface area contributed by atoms with Crippen LogP contribution in [0.1, 0.15) is 58.4 Å². The van der Waals surface area contributed by atoms with E-state index in [9.17, 15) is 9.18 Å². The fourth-order valence-electron chi connectivity index (χ4n) is 7.57. The SMILES string of the molecule is COC(=O)CCCC=CC[C@@H]1[C@@H](CO[Si](c2ccccc2)(c2ccccc2)C(C)(C)C)[C@H]2C[C@]1(c1ccc(F)cc1)CO2. The predicted molar refractivity (Wildman–Crippen MR) is 173 cm³/mol. The summed E-state index contributed by atoms with van der Waals surface area (Å²) in [6.07, 6.45) is 8.35. The van der Waals surface area contributed by atoms with E-state index in [1.54, 1.807) is 12.1 Å². The molecular formula is C37H45FO4Si. The number of rotatable bonds is 12. The molecule has 1 saturated carbocycles. The largest absolute Gasteiger partial charge is 0.469 e. The second-order valence-electron chi connectivity index (χ2n) is 13.1. The first kappa shape index (κ1) is 31.4. The summed E-state index contributed by atoms with van der Waals surface area (Å²) >= 11 is 0. The zero-order chi connectivity index (χ0) is 30.5. The van der Waals surface area contributed by atoms with Gasteiger partial charge in [-0.2, -0.15) is 0 Å². The molecule has 1 aliphatic heterocycles. The summed E-state index contributed by atoms with van der Waals surface area (Å²) in [5, 5.41) is 2.43. The van der Waals surface area contributed by atoms with Crippen LogP contribution >= 0.6 is 0 Å². The standard InChI is InChI=1S/C37H45FO4Si/c1-36(2,3)43(30-15-9-7-10-16-30,31-17-11-8-12-18-31)42-26-32-33(19-13-5-6-14-20-35(39)40-4)37(25-34(32)41-27-37)28-21-23-29(38)24-22-28/h5,7-13,15-18,21-24,32-34H,6,14,19-20,25-27H2,1-4H3/t32-,33-,34-,37-/m1/s1. The number of unbranched alkanes of at least 4 members (excludes halogenated alkanes) is 1. The van der Waals surface area contributed by atoms with Crippen molar-refractivity contribution in [3.05, 3.63) is 108 Å². The molecule has 0 N–H and O–H groups in total. The smallest absolute Gasteiger partial charge is 0.305 e. The summed E-state index contributed by atoms with van der Waals surface area (Å²) < 4.78 is 32.7. The molecule has 0 unspecified atom stereocenters. The summed E-state index contributed by atoms with van der Waals surface area (Å²) in [5.74, 6) is 0.0867. The van der Waals surface area contributed by atoms with Crippen LogP contribution in [0.3, 0.4) is 0 Å². The number of carbonyl (C=O) groups is 1. The number of benzene rings is 3. The number of ether oxygens (including phenoxy) is 2. The van der Waals surface area contributed by atoms with Gasteiger partial charge in [0.2, 0.25) is 0 Å². The van der Waals surface area contributed by atoms with E-state index in [1.807, 2.05) is 12.1 Å². The number of halogens is 1. The van der Waals surface area contributed by atoms with E-state index >= 15 is 0 Å². The average molecular weight is 601 g/mol. The molecule has 4 nitrogen and oxygen atoms in total. The Morgan fingerprint density at radius 1 is 0.977 bits per heavy atom. The van der Waals surface area contributed by atoms with Crippen LogP contribution < -0.4 is 10.4 Å². The van der Waals surface area contributed by atoms with Crippen LogP contribution in [0.2, 0.25) is 5.04 Å². The predicted octanol–water partition coefficient (Wildman–Crippen LogP) is 6.96. The highest BCUT2D eigenvalue weighted by molar-refractivity contribution is 6.99. The van der Waals surface area contributed by atoms with Gasteiger partial charge in [0.1, 0.15) is 5.82 Å². The van der Waals surface area contributed by atoms with Gasteiger partial charge < -0.3 is 13.9 Å². The molecule has 3 aromatic carbocycles. The lowest BCUT2D eigenvalue weighted by atomic mass is 9.69. The topological polar surface area (TPSA) is 44.8 Å². The zero-order valence-electron chi connectivity index (χ0n) is 25.9. The van der Waals surface area contributed by atoms with E-state index in [4.69, 9.17) is 13.9 Å². The summed E-state index contributed by atoms with van der Waals surface area (Å²) in [6, 6.07) is 28.6. The van der Waals surface area contributed by atoms with Crippen molar-refractivity contribution in [1.29, 1.82) is 0 Å². The Balaban J connectivity index is 1.46. The molecule has 228 valence electrons. The molecule has 6 heteroatoms. The normalized spacial score (nSPS) is 23.6. The number of hydrogen-bond acceptors (Lipinski definition) is 4. The van der Waals surface area contributed by atoms with Gasteiger partial charge in [-0.1, -0.05) is 106 Å². The zero-order valence-corrected chi connectivity index (χ0v) is 26.9. The number of esters is 1. The fraction of sp³-hybridized carbons (Fsp3) is 0.432. The molecule has 3 aromatic rings. The highest BCUT2D eigenvalue weighted by Gasteiger charge is 2.60. The van der Waals surface area contributed by atoms with Gasteiger partial charge in [0.05, 0.1) is 19.8 Å². The number of carbonyl (C=O) groups excluding carboxylic acids is 1. The second-order valence-corrected chi connectivity index (χ2v) is 17.4. The quantitative estimate of drug-likeness (QED) is 0.0976. The van der Waals surface area contributed by atoms with Gasteiger partial charge in [-0.3, -0.25) is 4.79 Å². The van der Waals surface area contributed by atoms with Crippen molar-refractivity contribution >= 4 is 24.7 Å². The minimum atomic E-state index is -2.72. The van der Waals surface area contributed by atoms with Crippen LogP contribution in [0, 0.1) is 17.7 Å². The molecule has 1 aliphatic carbocycles. The van der Waals surface area contributed by atoms with Crippen LogP contribution in [0.15, 0.2) is 97.1 Å². The first-order chi connectivity index (χ1) is 20.7. The molecule has 43 heavy (non-hydrogen) atoms. The summed E-state index contributed by atoms with van der Waals surface area (Å²) in [5.41, 5.74) is 0.960. The molecule has 4 atom stereocenters. The third-order valence-corrected chi connectivity index (χ3v) is 14.7. The third kappa shape index (κ3) is 6.28. The number of allylic oxidation sites excluding steroid dienone is 2. The van der Waals surface area contributed by atoms with Crippen LogP contribution in [-0.4, -0.2) is 40.7 Å². The molecule has 2 fully saturated rings. The lowest BCUT2D eigenvalue weighted by Gasteiger charge is -2.45. The monoisotopic (exact) mass is 600 g/mol. The molecule has 0 aromatic heterocycles. The Morgan fingerprint density at radius 2 is 1.60 bits per heavy atom. The Morgan fingerprint density at radius 3 is 2.19 bits per heavy atom. The molecule has 0 amide bonds. The highest BCUT2D eigenvalue weighted by Crippen LogP contribution is 2.57. The Hall–Kier alpha value is -3.06. The van der Waals surface area contributed by atoms with E-state index in [-0.39, 0.29) is 40.2 Å². The average Bonchev–Trinajstić information content (AvgIpc) is 3.58. The van der Waals surface area contributed by atoms with Crippen molar-refractivity contribution in [2.45, 2.75) is 69.4 Å². The van der Waals surface area contributed by atoms with Crippen molar-refractivity contribution in [3.8, 4) is 0 Å². The number of fused-ring (bicyclic) bond motifs is 2. The van der Waals surface area contributed by atoms with Gasteiger partial charge in [-0.05, 0) is 64.7 Å². The molecule has 2 aliphatic rings. The lowest BCUT2D eigenvalue weighted by Crippen LogP contribution is -2.67. The van der Waals surface area contributed by atoms with Crippen molar-refractivity contribution < 1.29 is 23.1 Å². The van der Waals surface area contributed by atoms with Crippen molar-refractivity contribution in [2.24, 2.45) is 11.8 Å². The number of methoxy groups -OCH3 is 1. The van der Waals surface area contributed by atoms with E-state index in [1.165, 1.54) is 17.5 Å². The van der Waals surface area contributed by atoms with Crippen molar-refractivity contribution in [3.63, 3.8) is 0 Å². The van der Waals surface area contributed by atoms with Crippen LogP contribution in [-0.2, 0) is 24.1 Å². The highest BCUT2D eigenvalue weighted by atomic mass is 28.4. The van der Waals surface area contributed by atoms with Gasteiger partial charge in [-0.25, -0.2) is 4.39 Å². The van der Waals surface area contributed by atoms with Gasteiger partial charge in [0, 0.05) is 24.4 Å². The van der Waals surface area contributed by atoms with Crippen LogP contribution in [0.5, 0.6) is 0 Å². The van der Waals surface area contributed by atoms with Crippen molar-refractivity contribution in [2.75, 3.05) is 20.3 Å². The molecule has 0 spiro atoms. The first-order valence-electron chi connectivity index (χ1n) is 15.6. The van der Waals surface area contributed by atoms with Crippen molar-refractivity contribution in [1.82, 2.24) is 0 Å². The summed E-state index contributed by atoms with van der Waals surface area (Å²) in [6.45, 7) is 8.17. The van der Waals surface area contributed by atoms with Gasteiger partial charge in [-0.15, -0.1) is 0 Å². The maximum atomic E-state index is 14.0. The third-order valence-electron chi connectivity index (χ3n) is 9.69. The minimum Gasteiger partial charge on any atom is -0.469 e. The van der Waals surface area contributed by atoms with Gasteiger partial charge in [0.25, 0.3) is 8.32 Å². The van der Waals surface area contributed by atoms with Gasteiger partial charge >= 0.3 is 5.97 Å². The number of hydrogen-bond donors (Lipinski definition) is 0. The molecule has 2 bridgehead atoms. The first-order valence-corrected chi connectivity index (χ1v) is 17.5. The Labute approximate surface area is 257 Å². The van der Waals surface area contributed by atoms with E-state index in [2.05, 4.69) is 93.6 Å². The maximum absolute atomic E-state index is 14.0. The summed E-state index contributed by atoms with van der Waals surface area (Å²) in [7, 11) is -1.29. The molecule has 0 radical (unpaired) electrons. The van der Waals surface area contributed by atoms with E-state index in [0.717, 1.165) is 31.2 Å². The lowest BCUT2D eigenvalue weighted by molar-refractivity contribution is -0.140. The summed E-state index contributed by atoms with van der Waals surface area (Å²) in [4.78, 5) is 11.5. The minimum absolute atomic E-state index is 0.0843. The molecular weight excluding hydrogens is 555 g/mol. The van der Waals surface area contributed by atoms with Crippen LogP contribution in [0.25, 0.3) is 0 Å². The fourth-order valence-corrected chi connectivity index (χ4v) is 12.2. The Bertz CT molecular complexity index is 1330. The maximum Gasteiger partial charge on any atom is 0.305 e. The molecule has 1 saturated heterocycles.